The van der Waals surface area contributed by atoms with Gasteiger partial charge in [-0.1, -0.05) is 11.6 Å². The van der Waals surface area contributed by atoms with Gasteiger partial charge in [-0.15, -0.1) is 10.2 Å². The highest BCUT2D eigenvalue weighted by atomic mass is 35.5. The molecular weight excluding hydrogens is 278 g/mol. The van der Waals surface area contributed by atoms with Crippen LogP contribution in [0.1, 0.15) is 25.5 Å². The molecule has 6 nitrogen and oxygen atoms in total. The van der Waals surface area contributed by atoms with Crippen molar-refractivity contribution in [1.29, 1.82) is 0 Å². The van der Waals surface area contributed by atoms with Gasteiger partial charge in [0.05, 0.1) is 11.8 Å². The quantitative estimate of drug-likeness (QED) is 0.893. The van der Waals surface area contributed by atoms with E-state index in [1.165, 1.54) is 0 Å². The van der Waals surface area contributed by atoms with Crippen LogP contribution in [0.15, 0.2) is 0 Å². The van der Waals surface area contributed by atoms with Crippen LogP contribution in [0, 0.1) is 6.92 Å². The predicted molar refractivity (Wildman–Crippen MR) is 79.1 cm³/mol. The van der Waals surface area contributed by atoms with Gasteiger partial charge in [-0.25, -0.2) is 4.98 Å². The van der Waals surface area contributed by atoms with Crippen LogP contribution in [0.3, 0.4) is 0 Å². The molecule has 1 aromatic heterocycles. The van der Waals surface area contributed by atoms with E-state index in [4.69, 9.17) is 16.3 Å². The van der Waals surface area contributed by atoms with Crippen molar-refractivity contribution in [3.8, 4) is 0 Å². The van der Waals surface area contributed by atoms with Crippen LogP contribution < -0.4 is 5.32 Å². The molecule has 1 saturated heterocycles. The van der Waals surface area contributed by atoms with Crippen LogP contribution >= 0.6 is 11.6 Å². The summed E-state index contributed by atoms with van der Waals surface area (Å²) >= 11 is 5.83. The monoisotopic (exact) mass is 299 g/mol. The van der Waals surface area contributed by atoms with E-state index < -0.39 is 0 Å². The highest BCUT2D eigenvalue weighted by Crippen LogP contribution is 2.15. The topological polar surface area (TPSA) is 63.2 Å². The van der Waals surface area contributed by atoms with Crippen molar-refractivity contribution in [1.82, 2.24) is 20.1 Å². The molecule has 1 unspecified atom stereocenters. The molecule has 1 aliphatic rings. The summed E-state index contributed by atoms with van der Waals surface area (Å²) in [7, 11) is 1.75. The maximum absolute atomic E-state index is 5.83. The number of aryl methyl sites for hydroxylation is 1. The fourth-order valence-electron chi connectivity index (χ4n) is 2.41. The average molecular weight is 300 g/mol. The summed E-state index contributed by atoms with van der Waals surface area (Å²) in [5.41, 5.74) is 0.699. The van der Waals surface area contributed by atoms with E-state index in [0.29, 0.717) is 22.8 Å². The molecule has 0 bridgehead atoms. The first-order chi connectivity index (χ1) is 9.58. The third-order valence-corrected chi connectivity index (χ3v) is 3.91. The lowest BCUT2D eigenvalue weighted by Gasteiger charge is -2.34. The van der Waals surface area contributed by atoms with Gasteiger partial charge in [0.2, 0.25) is 5.95 Å². The number of nitrogens with one attached hydrogen (secondary N) is 1. The number of hydrogen-bond acceptors (Lipinski definition) is 6. The van der Waals surface area contributed by atoms with Gasteiger partial charge in [0.25, 0.3) is 0 Å². The van der Waals surface area contributed by atoms with E-state index in [1.807, 2.05) is 6.92 Å². The summed E-state index contributed by atoms with van der Waals surface area (Å²) in [4.78, 5) is 6.72. The second-order valence-corrected chi connectivity index (χ2v) is 5.66. The Morgan fingerprint density at radius 3 is 3.00 bits per heavy atom. The lowest BCUT2D eigenvalue weighted by molar-refractivity contribution is 0.0680. The van der Waals surface area contributed by atoms with Gasteiger partial charge in [-0.3, -0.25) is 4.90 Å². The van der Waals surface area contributed by atoms with Crippen LogP contribution in [0.25, 0.3) is 0 Å². The van der Waals surface area contributed by atoms with Crippen molar-refractivity contribution in [2.75, 3.05) is 32.1 Å². The molecule has 112 valence electrons. The molecule has 1 aliphatic heterocycles. The van der Waals surface area contributed by atoms with Crippen molar-refractivity contribution in [3.05, 3.63) is 10.8 Å². The SMILES string of the molecule is COC(C)CN1CCC[C@@H](Nc2nnc(Cl)c(C)n2)C1. The van der Waals surface area contributed by atoms with Crippen molar-refractivity contribution < 1.29 is 4.74 Å². The molecule has 2 rings (SSSR count). The van der Waals surface area contributed by atoms with Crippen molar-refractivity contribution in [2.45, 2.75) is 38.8 Å². The summed E-state index contributed by atoms with van der Waals surface area (Å²) in [6, 6.07) is 0.343. The van der Waals surface area contributed by atoms with Crippen molar-refractivity contribution in [2.24, 2.45) is 0 Å². The number of methoxy groups -OCH3 is 1. The molecule has 1 fully saturated rings. The third kappa shape index (κ3) is 4.26. The average Bonchev–Trinajstić information content (AvgIpc) is 2.43. The zero-order chi connectivity index (χ0) is 14.5. The lowest BCUT2D eigenvalue weighted by Crippen LogP contribution is -2.45. The third-order valence-electron chi connectivity index (χ3n) is 3.56. The number of ether oxygens (including phenoxy) is 1. The minimum Gasteiger partial charge on any atom is -0.380 e. The molecule has 0 radical (unpaired) electrons. The maximum Gasteiger partial charge on any atom is 0.243 e. The van der Waals surface area contributed by atoms with Gasteiger partial charge in [0.1, 0.15) is 0 Å². The maximum atomic E-state index is 5.83. The van der Waals surface area contributed by atoms with E-state index in [0.717, 1.165) is 32.5 Å². The highest BCUT2D eigenvalue weighted by molar-refractivity contribution is 6.29. The summed E-state index contributed by atoms with van der Waals surface area (Å²) in [5.74, 6) is 0.554. The van der Waals surface area contributed by atoms with Gasteiger partial charge in [-0.2, -0.15) is 0 Å². The van der Waals surface area contributed by atoms with Crippen LogP contribution in [-0.4, -0.2) is 59.0 Å². The van der Waals surface area contributed by atoms with Crippen LogP contribution in [0.4, 0.5) is 5.95 Å². The first-order valence-electron chi connectivity index (χ1n) is 6.97. The molecule has 7 heteroatoms. The Bertz CT molecular complexity index is 445. The molecule has 1 aromatic rings. The largest absolute Gasteiger partial charge is 0.380 e. The number of rotatable bonds is 5. The van der Waals surface area contributed by atoms with Gasteiger partial charge >= 0.3 is 0 Å². The number of likely N-dealkylation sites (tertiary alicyclic amines) is 1. The number of nitrogens with zero attached hydrogens (tertiary/aromatic N) is 4. The molecule has 0 spiro atoms. The van der Waals surface area contributed by atoms with Crippen LogP contribution in [0.5, 0.6) is 0 Å². The fraction of sp³-hybridized carbons (Fsp3) is 0.769. The highest BCUT2D eigenvalue weighted by Gasteiger charge is 2.21. The second kappa shape index (κ2) is 7.15. The molecule has 2 heterocycles. The van der Waals surface area contributed by atoms with Crippen molar-refractivity contribution in [3.63, 3.8) is 0 Å². The van der Waals surface area contributed by atoms with Gasteiger partial charge in [-0.05, 0) is 33.2 Å². The van der Waals surface area contributed by atoms with E-state index in [9.17, 15) is 0 Å². The first kappa shape index (κ1) is 15.4. The smallest absolute Gasteiger partial charge is 0.243 e. The van der Waals surface area contributed by atoms with Gasteiger partial charge in [0, 0.05) is 26.2 Å². The fourth-order valence-corrected chi connectivity index (χ4v) is 2.49. The van der Waals surface area contributed by atoms with Crippen molar-refractivity contribution >= 4 is 17.5 Å². The molecule has 0 aliphatic carbocycles. The molecule has 2 atom stereocenters. The Hall–Kier alpha value is -0.980. The minimum atomic E-state index is 0.254. The van der Waals surface area contributed by atoms with Gasteiger partial charge in [0.15, 0.2) is 5.15 Å². The molecule has 0 saturated carbocycles. The van der Waals surface area contributed by atoms with E-state index in [-0.39, 0.29) is 6.10 Å². The summed E-state index contributed by atoms with van der Waals surface area (Å²) in [6.07, 6.45) is 2.53. The number of piperidine rings is 1. The Morgan fingerprint density at radius 1 is 1.50 bits per heavy atom. The Balaban J connectivity index is 1.90. The van der Waals surface area contributed by atoms with E-state index in [2.05, 4.69) is 32.3 Å². The van der Waals surface area contributed by atoms with Gasteiger partial charge < -0.3 is 10.1 Å². The first-order valence-corrected chi connectivity index (χ1v) is 7.34. The van der Waals surface area contributed by atoms with Crippen LogP contribution in [-0.2, 0) is 4.74 Å². The number of anilines is 1. The normalized spacial score (nSPS) is 21.7. The van der Waals surface area contributed by atoms with E-state index in [1.54, 1.807) is 7.11 Å². The van der Waals surface area contributed by atoms with E-state index >= 15 is 0 Å². The molecule has 1 N–H and O–H groups in total. The molecule has 20 heavy (non-hydrogen) atoms. The number of halogens is 1. The minimum absolute atomic E-state index is 0.254. The summed E-state index contributed by atoms with van der Waals surface area (Å²) < 4.78 is 5.32. The van der Waals surface area contributed by atoms with Crippen LogP contribution in [0.2, 0.25) is 5.15 Å². The molecule has 0 amide bonds. The zero-order valence-corrected chi connectivity index (χ0v) is 13.0. The summed E-state index contributed by atoms with van der Waals surface area (Å²) in [6.45, 7) is 6.96. The Morgan fingerprint density at radius 2 is 2.30 bits per heavy atom. The second-order valence-electron chi connectivity index (χ2n) is 5.30. The Labute approximate surface area is 124 Å². The zero-order valence-electron chi connectivity index (χ0n) is 12.3. The number of aromatic nitrogens is 3. The standard InChI is InChI=1S/C13H22ClN5O/c1-9(20-3)7-19-6-4-5-11(8-19)16-13-15-10(2)12(14)17-18-13/h9,11H,4-8H2,1-3H3,(H,15,16,18)/t9?,11-/m1/s1. The Kier molecular flexibility index (Phi) is 5.51. The predicted octanol–water partition coefficient (Wildman–Crippen LogP) is 1.74. The lowest BCUT2D eigenvalue weighted by atomic mass is 10.1. The summed E-state index contributed by atoms with van der Waals surface area (Å²) in [5, 5.41) is 11.6. The molecule has 0 aromatic carbocycles. The number of hydrogen-bond donors (Lipinski definition) is 1. The molecular formula is C13H22ClN5O.